The van der Waals surface area contributed by atoms with Crippen molar-refractivity contribution in [3.8, 4) is 0 Å². The van der Waals surface area contributed by atoms with Crippen LogP contribution in [0.2, 0.25) is 0 Å². The maximum absolute atomic E-state index is 4.32. The average molecular weight is 300 g/mol. The summed E-state index contributed by atoms with van der Waals surface area (Å²) in [6.07, 6.45) is 8.87. The van der Waals surface area contributed by atoms with Gasteiger partial charge in [0, 0.05) is 45.0 Å². The van der Waals surface area contributed by atoms with Gasteiger partial charge in [-0.25, -0.2) is 0 Å². The minimum Gasteiger partial charge on any atom is -0.304 e. The number of hydrogen-bond donors (Lipinski definition) is 0. The van der Waals surface area contributed by atoms with Crippen molar-refractivity contribution in [2.45, 2.75) is 18.9 Å². The zero-order chi connectivity index (χ0) is 15.2. The van der Waals surface area contributed by atoms with Crippen LogP contribution in [0, 0.1) is 0 Å². The van der Waals surface area contributed by atoms with E-state index in [0.717, 1.165) is 18.3 Å². The molecule has 1 aromatic heterocycles. The third-order valence-corrected chi connectivity index (χ3v) is 4.95. The molecule has 2 aliphatic heterocycles. The van der Waals surface area contributed by atoms with E-state index in [1.54, 1.807) is 0 Å². The molecule has 3 heterocycles. The number of piperazine rings is 1. The van der Waals surface area contributed by atoms with Gasteiger partial charge < -0.3 is 4.90 Å². The first-order chi connectivity index (χ1) is 10.8. The zero-order valence-electron chi connectivity index (χ0n) is 13.7. The highest BCUT2D eigenvalue weighted by Gasteiger charge is 2.25. The summed E-state index contributed by atoms with van der Waals surface area (Å²) in [5.74, 6) is 0. The van der Waals surface area contributed by atoms with Crippen LogP contribution >= 0.6 is 0 Å². The largest absolute Gasteiger partial charge is 0.304 e. The van der Waals surface area contributed by atoms with Crippen molar-refractivity contribution in [2.24, 2.45) is 0 Å². The highest BCUT2D eigenvalue weighted by molar-refractivity contribution is 5.43. The number of rotatable bonds is 4. The van der Waals surface area contributed by atoms with E-state index in [1.165, 1.54) is 52.1 Å². The second-order valence-corrected chi connectivity index (χ2v) is 6.53. The predicted octanol–water partition coefficient (Wildman–Crippen LogP) is 1.81. The summed E-state index contributed by atoms with van der Waals surface area (Å²) in [5, 5.41) is 0. The molecule has 1 aromatic rings. The smallest absolute Gasteiger partial charge is 0.0626 e. The molecule has 0 aliphatic carbocycles. The fourth-order valence-electron chi connectivity index (χ4n) is 3.45. The Balaban J connectivity index is 1.39. The van der Waals surface area contributed by atoms with Gasteiger partial charge in [-0.1, -0.05) is 12.1 Å². The lowest BCUT2D eigenvalue weighted by Gasteiger charge is -2.41. The van der Waals surface area contributed by atoms with Crippen LogP contribution < -0.4 is 0 Å². The van der Waals surface area contributed by atoms with Gasteiger partial charge in [0.25, 0.3) is 0 Å². The summed E-state index contributed by atoms with van der Waals surface area (Å²) in [7, 11) is 2.23. The minimum absolute atomic E-state index is 0.810. The lowest BCUT2D eigenvalue weighted by molar-refractivity contribution is 0.0709. The topological polar surface area (TPSA) is 22.6 Å². The quantitative estimate of drug-likeness (QED) is 0.846. The molecule has 0 atom stereocenters. The molecule has 0 unspecified atom stereocenters. The normalized spacial score (nSPS) is 23.3. The van der Waals surface area contributed by atoms with Crippen LogP contribution in [0.5, 0.6) is 0 Å². The van der Waals surface area contributed by atoms with Gasteiger partial charge in [0.05, 0.1) is 5.69 Å². The summed E-state index contributed by atoms with van der Waals surface area (Å²) in [6, 6.07) is 6.86. The lowest BCUT2D eigenvalue weighted by Crippen LogP contribution is -2.52. The first kappa shape index (κ1) is 15.7. The van der Waals surface area contributed by atoms with Gasteiger partial charge in [-0.2, -0.15) is 0 Å². The zero-order valence-corrected chi connectivity index (χ0v) is 13.7. The van der Waals surface area contributed by atoms with E-state index in [2.05, 4.69) is 44.9 Å². The second kappa shape index (κ2) is 7.86. The SMILES string of the molecule is CN1CCN(C2CCN(C/C=C/c3ccccn3)CC2)CC1. The van der Waals surface area contributed by atoms with Gasteiger partial charge in [-0.05, 0) is 51.2 Å². The molecule has 2 aliphatic rings. The molecule has 0 radical (unpaired) electrons. The number of likely N-dealkylation sites (tertiary alicyclic amines) is 1. The average Bonchev–Trinajstić information content (AvgIpc) is 2.57. The molecule has 0 bridgehead atoms. The Morgan fingerprint density at radius 1 is 1.09 bits per heavy atom. The van der Waals surface area contributed by atoms with Crippen LogP contribution in [0.15, 0.2) is 30.5 Å². The number of nitrogens with zero attached hydrogens (tertiary/aromatic N) is 4. The van der Waals surface area contributed by atoms with Crippen molar-refractivity contribution in [2.75, 3.05) is 52.9 Å². The predicted molar refractivity (Wildman–Crippen MR) is 91.8 cm³/mol. The third-order valence-electron chi connectivity index (χ3n) is 4.95. The van der Waals surface area contributed by atoms with E-state index in [0.29, 0.717) is 0 Å². The number of likely N-dealkylation sites (N-methyl/N-ethyl adjacent to an activating group) is 1. The molecule has 120 valence electrons. The Morgan fingerprint density at radius 3 is 2.55 bits per heavy atom. The third kappa shape index (κ3) is 4.38. The van der Waals surface area contributed by atoms with Gasteiger partial charge in [-0.15, -0.1) is 0 Å². The van der Waals surface area contributed by atoms with E-state index in [9.17, 15) is 0 Å². The highest BCUT2D eigenvalue weighted by Crippen LogP contribution is 2.18. The van der Waals surface area contributed by atoms with Crippen LogP contribution in [0.4, 0.5) is 0 Å². The Kier molecular flexibility index (Phi) is 5.59. The van der Waals surface area contributed by atoms with E-state index in [1.807, 2.05) is 18.3 Å². The van der Waals surface area contributed by atoms with Crippen molar-refractivity contribution in [1.29, 1.82) is 0 Å². The van der Waals surface area contributed by atoms with Crippen molar-refractivity contribution in [1.82, 2.24) is 19.7 Å². The Morgan fingerprint density at radius 2 is 1.86 bits per heavy atom. The fraction of sp³-hybridized carbons (Fsp3) is 0.611. The van der Waals surface area contributed by atoms with Crippen LogP contribution in [0.25, 0.3) is 6.08 Å². The Labute approximate surface area is 134 Å². The molecule has 2 fully saturated rings. The first-order valence-corrected chi connectivity index (χ1v) is 8.54. The summed E-state index contributed by atoms with van der Waals surface area (Å²) in [5.41, 5.74) is 1.05. The molecule has 22 heavy (non-hydrogen) atoms. The fourth-order valence-corrected chi connectivity index (χ4v) is 3.45. The van der Waals surface area contributed by atoms with Crippen LogP contribution in [-0.4, -0.2) is 78.6 Å². The van der Waals surface area contributed by atoms with Crippen molar-refractivity contribution >= 4 is 6.08 Å². The molecule has 0 amide bonds. The molecule has 3 rings (SSSR count). The van der Waals surface area contributed by atoms with Crippen LogP contribution in [0.3, 0.4) is 0 Å². The molecular formula is C18H28N4. The van der Waals surface area contributed by atoms with Gasteiger partial charge in [0.2, 0.25) is 0 Å². The maximum atomic E-state index is 4.32. The van der Waals surface area contributed by atoms with Gasteiger partial charge in [-0.3, -0.25) is 14.8 Å². The van der Waals surface area contributed by atoms with Gasteiger partial charge in [0.15, 0.2) is 0 Å². The van der Waals surface area contributed by atoms with Crippen LogP contribution in [0.1, 0.15) is 18.5 Å². The number of piperidine rings is 1. The molecule has 0 N–H and O–H groups in total. The van der Waals surface area contributed by atoms with Gasteiger partial charge in [0.1, 0.15) is 0 Å². The summed E-state index contributed by atoms with van der Waals surface area (Å²) in [4.78, 5) is 12.0. The monoisotopic (exact) mass is 300 g/mol. The maximum Gasteiger partial charge on any atom is 0.0626 e. The Bertz CT molecular complexity index is 457. The summed E-state index contributed by atoms with van der Waals surface area (Å²) in [6.45, 7) is 8.46. The van der Waals surface area contributed by atoms with E-state index in [4.69, 9.17) is 0 Å². The second-order valence-electron chi connectivity index (χ2n) is 6.53. The first-order valence-electron chi connectivity index (χ1n) is 8.54. The van der Waals surface area contributed by atoms with Crippen LogP contribution in [-0.2, 0) is 0 Å². The molecule has 4 nitrogen and oxygen atoms in total. The van der Waals surface area contributed by atoms with Crippen molar-refractivity contribution < 1.29 is 0 Å². The lowest BCUT2D eigenvalue weighted by atomic mass is 10.0. The molecule has 4 heteroatoms. The Hall–Kier alpha value is -1.23. The van der Waals surface area contributed by atoms with Crippen molar-refractivity contribution in [3.63, 3.8) is 0 Å². The van der Waals surface area contributed by atoms with E-state index < -0.39 is 0 Å². The number of pyridine rings is 1. The highest BCUT2D eigenvalue weighted by atomic mass is 15.3. The standard InChI is InChI=1S/C18H28N4/c1-20-13-15-22(16-14-20)18-7-11-21(12-8-18)10-4-6-17-5-2-3-9-19-17/h2-6,9,18H,7-8,10-16H2,1H3/b6-4+. The summed E-state index contributed by atoms with van der Waals surface area (Å²) < 4.78 is 0. The number of hydrogen-bond acceptors (Lipinski definition) is 4. The van der Waals surface area contributed by atoms with Gasteiger partial charge >= 0.3 is 0 Å². The minimum atomic E-state index is 0.810. The molecule has 0 spiro atoms. The number of aromatic nitrogens is 1. The molecule has 0 saturated carbocycles. The molecular weight excluding hydrogens is 272 g/mol. The van der Waals surface area contributed by atoms with Crippen molar-refractivity contribution in [3.05, 3.63) is 36.2 Å². The van der Waals surface area contributed by atoms with E-state index in [-0.39, 0.29) is 0 Å². The van der Waals surface area contributed by atoms with E-state index >= 15 is 0 Å². The molecule has 2 saturated heterocycles. The summed E-state index contributed by atoms with van der Waals surface area (Å²) >= 11 is 0. The molecule has 0 aromatic carbocycles.